The van der Waals surface area contributed by atoms with Crippen molar-refractivity contribution in [2.24, 2.45) is 0 Å². The lowest BCUT2D eigenvalue weighted by molar-refractivity contribution is 0.770. The summed E-state index contributed by atoms with van der Waals surface area (Å²) in [6.07, 6.45) is 1.40. The molecule has 1 heterocycles. The van der Waals surface area contributed by atoms with Gasteiger partial charge in [-0.25, -0.2) is 9.36 Å². The van der Waals surface area contributed by atoms with E-state index in [0.29, 0.717) is 11.4 Å². The molecule has 106 valence electrons. The molecular formula is C17H12N4O. The zero-order chi connectivity index (χ0) is 15.5. The number of aromatic nitrogens is 2. The van der Waals surface area contributed by atoms with E-state index in [4.69, 9.17) is 5.41 Å². The molecule has 1 N–H and O–H groups in total. The molecule has 1 aromatic heterocycles. The Labute approximate surface area is 126 Å². The van der Waals surface area contributed by atoms with Crippen LogP contribution >= 0.6 is 0 Å². The fourth-order valence-corrected chi connectivity index (χ4v) is 2.24. The minimum Gasteiger partial charge on any atom is -0.283 e. The number of para-hydroxylation sites is 2. The lowest BCUT2D eigenvalue weighted by Crippen LogP contribution is -2.39. The summed E-state index contributed by atoms with van der Waals surface area (Å²) in [4.78, 5) is 12.8. The molecule has 0 saturated carbocycles. The predicted molar refractivity (Wildman–Crippen MR) is 81.9 cm³/mol. The van der Waals surface area contributed by atoms with Crippen molar-refractivity contribution in [3.05, 3.63) is 88.4 Å². The standard InChI is InChI=1S/C17H12N4O/c18-11-13-12-20(14-7-3-1-4-8-14)17(22)21(16(13)19)15-9-5-2-6-10-15/h1-10,12,19H. The summed E-state index contributed by atoms with van der Waals surface area (Å²) in [5.74, 6) is 0. The first kappa shape index (κ1) is 13.6. The number of nitriles is 1. The first-order chi connectivity index (χ1) is 10.7. The van der Waals surface area contributed by atoms with Crippen molar-refractivity contribution in [3.63, 3.8) is 0 Å². The lowest BCUT2D eigenvalue weighted by Gasteiger charge is -2.12. The molecule has 0 bridgehead atoms. The molecule has 5 nitrogen and oxygen atoms in total. The maximum absolute atomic E-state index is 12.8. The highest BCUT2D eigenvalue weighted by Crippen LogP contribution is 2.06. The van der Waals surface area contributed by atoms with Gasteiger partial charge in [-0.3, -0.25) is 9.98 Å². The molecule has 0 unspecified atom stereocenters. The van der Waals surface area contributed by atoms with E-state index in [0.717, 1.165) is 0 Å². The molecule has 0 atom stereocenters. The molecule has 0 fully saturated rings. The van der Waals surface area contributed by atoms with Gasteiger partial charge in [0.1, 0.15) is 11.6 Å². The van der Waals surface area contributed by atoms with Crippen molar-refractivity contribution < 1.29 is 0 Å². The fraction of sp³-hybridized carbons (Fsp3) is 0. The third-order valence-electron chi connectivity index (χ3n) is 3.30. The normalized spacial score (nSPS) is 10.1. The van der Waals surface area contributed by atoms with Crippen molar-refractivity contribution in [2.75, 3.05) is 0 Å². The van der Waals surface area contributed by atoms with E-state index in [1.807, 2.05) is 30.3 Å². The largest absolute Gasteiger partial charge is 0.338 e. The first-order valence-electron chi connectivity index (χ1n) is 6.66. The summed E-state index contributed by atoms with van der Waals surface area (Å²) in [5, 5.41) is 17.4. The van der Waals surface area contributed by atoms with Gasteiger partial charge in [0.05, 0.1) is 11.4 Å². The highest BCUT2D eigenvalue weighted by Gasteiger charge is 2.11. The summed E-state index contributed by atoms with van der Waals surface area (Å²) in [5.41, 5.74) is 0.826. The third-order valence-corrected chi connectivity index (χ3v) is 3.30. The zero-order valence-corrected chi connectivity index (χ0v) is 11.6. The first-order valence-corrected chi connectivity index (χ1v) is 6.66. The van der Waals surface area contributed by atoms with Crippen LogP contribution < -0.4 is 11.2 Å². The monoisotopic (exact) mass is 288 g/mol. The van der Waals surface area contributed by atoms with Crippen LogP contribution in [0.5, 0.6) is 0 Å². The molecular weight excluding hydrogens is 276 g/mol. The summed E-state index contributed by atoms with van der Waals surface area (Å²) in [6.45, 7) is 0. The van der Waals surface area contributed by atoms with Gasteiger partial charge in [-0.05, 0) is 24.3 Å². The highest BCUT2D eigenvalue weighted by atomic mass is 16.1. The number of nitrogens with zero attached hydrogens (tertiary/aromatic N) is 3. The SMILES string of the molecule is N#Cc1cn(-c2ccccc2)c(=O)n(-c2ccccc2)c1=N. The Bertz CT molecular complexity index is 964. The molecule has 5 heteroatoms. The van der Waals surface area contributed by atoms with E-state index in [2.05, 4.69) is 0 Å². The summed E-state index contributed by atoms with van der Waals surface area (Å²) in [6, 6.07) is 19.9. The zero-order valence-electron chi connectivity index (χ0n) is 11.6. The van der Waals surface area contributed by atoms with Crippen molar-refractivity contribution >= 4 is 0 Å². The van der Waals surface area contributed by atoms with Gasteiger partial charge in [-0.15, -0.1) is 0 Å². The fourth-order valence-electron chi connectivity index (χ4n) is 2.24. The van der Waals surface area contributed by atoms with Gasteiger partial charge in [0.2, 0.25) is 0 Å². The van der Waals surface area contributed by atoms with Gasteiger partial charge >= 0.3 is 5.69 Å². The molecule has 0 amide bonds. The molecule has 0 aliphatic rings. The number of nitrogens with one attached hydrogen (secondary N) is 1. The van der Waals surface area contributed by atoms with Crippen LogP contribution in [0, 0.1) is 16.7 Å². The molecule has 0 radical (unpaired) electrons. The number of hydrogen-bond donors (Lipinski definition) is 1. The van der Waals surface area contributed by atoms with E-state index in [1.54, 1.807) is 36.4 Å². The van der Waals surface area contributed by atoms with Crippen LogP contribution in [0.25, 0.3) is 11.4 Å². The molecule has 0 saturated heterocycles. The lowest BCUT2D eigenvalue weighted by atomic mass is 10.2. The molecule has 22 heavy (non-hydrogen) atoms. The third kappa shape index (κ3) is 2.23. The van der Waals surface area contributed by atoms with E-state index in [9.17, 15) is 10.1 Å². The van der Waals surface area contributed by atoms with Gasteiger partial charge in [0.15, 0.2) is 5.49 Å². The van der Waals surface area contributed by atoms with Crippen molar-refractivity contribution in [1.82, 2.24) is 9.13 Å². The summed E-state index contributed by atoms with van der Waals surface area (Å²) in [7, 11) is 0. The van der Waals surface area contributed by atoms with E-state index in [1.165, 1.54) is 15.3 Å². The minimum atomic E-state index is -0.388. The second-order valence-corrected chi connectivity index (χ2v) is 4.66. The highest BCUT2D eigenvalue weighted by molar-refractivity contribution is 5.38. The second kappa shape index (κ2) is 5.54. The predicted octanol–water partition coefficient (Wildman–Crippen LogP) is 1.98. The average molecular weight is 288 g/mol. The van der Waals surface area contributed by atoms with E-state index >= 15 is 0 Å². The molecule has 0 aliphatic carbocycles. The Morgan fingerprint density at radius 2 is 1.45 bits per heavy atom. The van der Waals surface area contributed by atoms with Crippen molar-refractivity contribution in [3.8, 4) is 17.4 Å². The van der Waals surface area contributed by atoms with Crippen molar-refractivity contribution in [1.29, 1.82) is 10.7 Å². The van der Waals surface area contributed by atoms with Crippen LogP contribution in [-0.2, 0) is 0 Å². The van der Waals surface area contributed by atoms with Crippen molar-refractivity contribution in [2.45, 2.75) is 0 Å². The van der Waals surface area contributed by atoms with Gasteiger partial charge in [-0.1, -0.05) is 36.4 Å². The Morgan fingerprint density at radius 1 is 0.909 bits per heavy atom. The smallest absolute Gasteiger partial charge is 0.283 e. The van der Waals surface area contributed by atoms with Gasteiger partial charge in [-0.2, -0.15) is 5.26 Å². The van der Waals surface area contributed by atoms with Crippen LogP contribution in [0.2, 0.25) is 0 Å². The Balaban J connectivity index is 2.39. The topological polar surface area (TPSA) is 74.6 Å². The van der Waals surface area contributed by atoms with Crippen LogP contribution in [-0.4, -0.2) is 9.13 Å². The Kier molecular flexibility index (Phi) is 3.42. The van der Waals surface area contributed by atoms with Crippen LogP contribution in [0.1, 0.15) is 5.56 Å². The Morgan fingerprint density at radius 3 is 2.00 bits per heavy atom. The summed E-state index contributed by atoms with van der Waals surface area (Å²) >= 11 is 0. The maximum Gasteiger partial charge on any atom is 0.338 e. The van der Waals surface area contributed by atoms with Gasteiger partial charge < -0.3 is 0 Å². The quantitative estimate of drug-likeness (QED) is 0.783. The van der Waals surface area contributed by atoms with Crippen LogP contribution in [0.15, 0.2) is 71.7 Å². The van der Waals surface area contributed by atoms with Crippen LogP contribution in [0.4, 0.5) is 0 Å². The van der Waals surface area contributed by atoms with E-state index < -0.39 is 0 Å². The number of benzene rings is 2. The van der Waals surface area contributed by atoms with Gasteiger partial charge in [0, 0.05) is 6.20 Å². The molecule has 0 aliphatic heterocycles. The van der Waals surface area contributed by atoms with Crippen LogP contribution in [0.3, 0.4) is 0 Å². The molecule has 2 aromatic carbocycles. The maximum atomic E-state index is 12.8. The Hall–Kier alpha value is -3.39. The molecule has 3 rings (SSSR count). The minimum absolute atomic E-state index is 0.120. The van der Waals surface area contributed by atoms with E-state index in [-0.39, 0.29) is 16.7 Å². The second-order valence-electron chi connectivity index (χ2n) is 4.66. The number of hydrogen-bond acceptors (Lipinski definition) is 3. The number of rotatable bonds is 2. The molecule has 0 spiro atoms. The van der Waals surface area contributed by atoms with Gasteiger partial charge in [0.25, 0.3) is 0 Å². The average Bonchev–Trinajstić information content (AvgIpc) is 2.57. The summed E-state index contributed by atoms with van der Waals surface area (Å²) < 4.78 is 2.61. The molecule has 3 aromatic rings.